The van der Waals surface area contributed by atoms with E-state index in [1.807, 2.05) is 11.5 Å². The Balaban J connectivity index is 2.10. The van der Waals surface area contributed by atoms with Crippen LogP contribution in [0.25, 0.3) is 0 Å². The van der Waals surface area contributed by atoms with Gasteiger partial charge in [-0.2, -0.15) is 0 Å². The van der Waals surface area contributed by atoms with E-state index in [4.69, 9.17) is 5.73 Å². The van der Waals surface area contributed by atoms with Gasteiger partial charge in [-0.1, -0.05) is 0 Å². The Morgan fingerprint density at radius 3 is 3.06 bits per heavy atom. The number of hydrogen-bond acceptors (Lipinski definition) is 6. The number of halogens is 1. The number of nitrogens with zero attached hydrogens (tertiary/aromatic N) is 5. The van der Waals surface area contributed by atoms with Crippen LogP contribution in [-0.2, 0) is 13.1 Å². The molecule has 0 aliphatic carbocycles. The molecule has 2 aromatic heterocycles. The molecule has 0 radical (unpaired) electrons. The molecule has 0 aliphatic rings. The summed E-state index contributed by atoms with van der Waals surface area (Å²) in [6.45, 7) is 3.39. The first kappa shape index (κ1) is 11.8. The maximum Gasteiger partial charge on any atom is 0.152 e. The molecule has 0 spiro atoms. The molecule has 8 heteroatoms. The lowest BCUT2D eigenvalue weighted by Gasteiger charge is -2.08. The first-order valence-corrected chi connectivity index (χ1v) is 5.88. The summed E-state index contributed by atoms with van der Waals surface area (Å²) in [7, 11) is 0. The molecule has 2 rings (SSSR count). The predicted molar refractivity (Wildman–Crippen MR) is 67.2 cm³/mol. The number of nitrogens with two attached hydrogens (primary N) is 1. The van der Waals surface area contributed by atoms with Crippen LogP contribution >= 0.6 is 15.9 Å². The first-order chi connectivity index (χ1) is 8.22. The quantitative estimate of drug-likeness (QED) is 0.876. The van der Waals surface area contributed by atoms with Crippen molar-refractivity contribution in [3.63, 3.8) is 0 Å². The van der Waals surface area contributed by atoms with E-state index in [2.05, 4.69) is 41.4 Å². The van der Waals surface area contributed by atoms with E-state index in [1.54, 1.807) is 6.33 Å². The maximum absolute atomic E-state index is 5.65. The molecule has 0 fully saturated rings. The second-order valence-electron chi connectivity index (χ2n) is 3.31. The third kappa shape index (κ3) is 2.52. The first-order valence-electron chi connectivity index (χ1n) is 5.09. The van der Waals surface area contributed by atoms with Crippen molar-refractivity contribution in [2.24, 2.45) is 0 Å². The van der Waals surface area contributed by atoms with E-state index >= 15 is 0 Å². The molecule has 3 N–H and O–H groups in total. The fraction of sp³-hybridized carbons (Fsp3) is 0.333. The topological polar surface area (TPSA) is 94.5 Å². The Kier molecular flexibility index (Phi) is 3.52. The average Bonchev–Trinajstić information content (AvgIpc) is 2.78. The van der Waals surface area contributed by atoms with Gasteiger partial charge in [0.1, 0.15) is 28.8 Å². The number of nitrogens with one attached hydrogen (secondary N) is 1. The van der Waals surface area contributed by atoms with E-state index in [-0.39, 0.29) is 0 Å². The molecule has 90 valence electrons. The Morgan fingerprint density at radius 1 is 1.47 bits per heavy atom. The van der Waals surface area contributed by atoms with Gasteiger partial charge in [0.25, 0.3) is 0 Å². The van der Waals surface area contributed by atoms with Gasteiger partial charge in [0.05, 0.1) is 6.54 Å². The van der Waals surface area contributed by atoms with Gasteiger partial charge in [-0.15, -0.1) is 10.2 Å². The highest BCUT2D eigenvalue weighted by atomic mass is 79.9. The number of hydrogen-bond donors (Lipinski definition) is 2. The summed E-state index contributed by atoms with van der Waals surface area (Å²) in [5.74, 6) is 1.89. The zero-order chi connectivity index (χ0) is 12.3. The van der Waals surface area contributed by atoms with Crippen LogP contribution in [0.4, 0.5) is 11.6 Å². The third-order valence-corrected chi connectivity index (χ3v) is 3.05. The molecule has 0 bridgehead atoms. The number of anilines is 2. The van der Waals surface area contributed by atoms with Crippen LogP contribution in [0.1, 0.15) is 12.7 Å². The van der Waals surface area contributed by atoms with Gasteiger partial charge in [0, 0.05) is 6.54 Å². The molecule has 0 saturated carbocycles. The Hall–Kier alpha value is -1.70. The van der Waals surface area contributed by atoms with Crippen molar-refractivity contribution < 1.29 is 0 Å². The van der Waals surface area contributed by atoms with Gasteiger partial charge in [0.15, 0.2) is 5.82 Å². The fourth-order valence-corrected chi connectivity index (χ4v) is 1.69. The van der Waals surface area contributed by atoms with E-state index in [1.165, 1.54) is 6.33 Å². The second kappa shape index (κ2) is 5.09. The van der Waals surface area contributed by atoms with Crippen LogP contribution in [0.3, 0.4) is 0 Å². The summed E-state index contributed by atoms with van der Waals surface area (Å²) in [5, 5.41) is 11.0. The summed E-state index contributed by atoms with van der Waals surface area (Å²) in [6.07, 6.45) is 3.10. The van der Waals surface area contributed by atoms with E-state index in [9.17, 15) is 0 Å². The van der Waals surface area contributed by atoms with Crippen LogP contribution in [-0.4, -0.2) is 24.7 Å². The number of rotatable bonds is 4. The van der Waals surface area contributed by atoms with Gasteiger partial charge in [-0.3, -0.25) is 0 Å². The Morgan fingerprint density at radius 2 is 2.29 bits per heavy atom. The average molecular weight is 298 g/mol. The van der Waals surface area contributed by atoms with Crippen LogP contribution in [0, 0.1) is 0 Å². The van der Waals surface area contributed by atoms with Crippen molar-refractivity contribution in [3.8, 4) is 0 Å². The molecular formula is C9H12BrN7. The lowest BCUT2D eigenvalue weighted by Crippen LogP contribution is -2.09. The number of aromatic nitrogens is 5. The van der Waals surface area contributed by atoms with Crippen molar-refractivity contribution in [1.29, 1.82) is 0 Å². The Bertz CT molecular complexity index is 510. The molecular weight excluding hydrogens is 286 g/mol. The lowest BCUT2D eigenvalue weighted by molar-refractivity contribution is 0.707. The minimum absolute atomic E-state index is 0.402. The maximum atomic E-state index is 5.65. The minimum Gasteiger partial charge on any atom is -0.383 e. The summed E-state index contributed by atoms with van der Waals surface area (Å²) in [4.78, 5) is 7.95. The van der Waals surface area contributed by atoms with E-state index < -0.39 is 0 Å². The number of nitrogen functional groups attached to an aromatic ring is 1. The smallest absolute Gasteiger partial charge is 0.152 e. The highest BCUT2D eigenvalue weighted by molar-refractivity contribution is 9.10. The van der Waals surface area contributed by atoms with Crippen molar-refractivity contribution in [3.05, 3.63) is 23.0 Å². The molecule has 17 heavy (non-hydrogen) atoms. The van der Waals surface area contributed by atoms with Gasteiger partial charge in [-0.25, -0.2) is 9.97 Å². The lowest BCUT2D eigenvalue weighted by atomic mass is 10.5. The molecule has 0 aliphatic heterocycles. The van der Waals surface area contributed by atoms with E-state index in [0.29, 0.717) is 22.7 Å². The summed E-state index contributed by atoms with van der Waals surface area (Å²) < 4.78 is 2.61. The van der Waals surface area contributed by atoms with Gasteiger partial charge in [0.2, 0.25) is 0 Å². The van der Waals surface area contributed by atoms with Crippen LogP contribution in [0.15, 0.2) is 17.1 Å². The van der Waals surface area contributed by atoms with Crippen molar-refractivity contribution in [2.75, 3.05) is 11.1 Å². The molecule has 2 heterocycles. The Labute approximate surface area is 107 Å². The molecule has 7 nitrogen and oxygen atoms in total. The second-order valence-corrected chi connectivity index (χ2v) is 4.10. The molecule has 0 amide bonds. The largest absolute Gasteiger partial charge is 0.383 e. The molecule has 0 saturated heterocycles. The van der Waals surface area contributed by atoms with Crippen LogP contribution in [0.2, 0.25) is 0 Å². The summed E-state index contributed by atoms with van der Waals surface area (Å²) in [5.41, 5.74) is 5.65. The summed E-state index contributed by atoms with van der Waals surface area (Å²) in [6, 6.07) is 0. The minimum atomic E-state index is 0.402. The van der Waals surface area contributed by atoms with E-state index in [0.717, 1.165) is 12.4 Å². The molecule has 0 aromatic carbocycles. The van der Waals surface area contributed by atoms with Gasteiger partial charge in [-0.05, 0) is 22.9 Å². The highest BCUT2D eigenvalue weighted by Crippen LogP contribution is 2.24. The zero-order valence-corrected chi connectivity index (χ0v) is 10.8. The highest BCUT2D eigenvalue weighted by Gasteiger charge is 2.07. The normalized spacial score (nSPS) is 10.5. The monoisotopic (exact) mass is 297 g/mol. The fourth-order valence-electron chi connectivity index (χ4n) is 1.35. The van der Waals surface area contributed by atoms with Crippen LogP contribution < -0.4 is 11.1 Å². The standard InChI is InChI=1S/C9H12BrN7/c1-2-17-5-15-16-6(17)3-12-9-7(10)8(11)13-4-14-9/h4-5H,2-3H2,1H3,(H3,11,12,13,14). The van der Waals surface area contributed by atoms with Gasteiger partial charge >= 0.3 is 0 Å². The van der Waals surface area contributed by atoms with Gasteiger partial charge < -0.3 is 15.6 Å². The molecule has 0 atom stereocenters. The van der Waals surface area contributed by atoms with Crippen molar-refractivity contribution >= 4 is 27.6 Å². The number of aryl methyl sites for hydroxylation is 1. The summed E-state index contributed by atoms with van der Waals surface area (Å²) >= 11 is 3.32. The predicted octanol–water partition coefficient (Wildman–Crippen LogP) is 1.04. The SMILES string of the molecule is CCn1cnnc1CNc1ncnc(N)c1Br. The molecule has 0 unspecified atom stereocenters. The van der Waals surface area contributed by atoms with Crippen LogP contribution in [0.5, 0.6) is 0 Å². The molecule has 2 aromatic rings. The van der Waals surface area contributed by atoms with Crippen molar-refractivity contribution in [1.82, 2.24) is 24.7 Å². The third-order valence-electron chi connectivity index (χ3n) is 2.27. The zero-order valence-electron chi connectivity index (χ0n) is 9.26. The van der Waals surface area contributed by atoms with Crippen molar-refractivity contribution in [2.45, 2.75) is 20.0 Å².